The Balaban J connectivity index is 2.02. The van der Waals surface area contributed by atoms with E-state index in [0.29, 0.717) is 12.0 Å². The molecule has 0 aliphatic rings. The van der Waals surface area contributed by atoms with E-state index in [-0.39, 0.29) is 21.2 Å². The van der Waals surface area contributed by atoms with Crippen LogP contribution in [-0.2, 0) is 10.6 Å². The number of hydrogen-bond acceptors (Lipinski definition) is 4. The lowest BCUT2D eigenvalue weighted by Gasteiger charge is -2.38. The maximum absolute atomic E-state index is 15.1. The van der Waals surface area contributed by atoms with Gasteiger partial charge in [0.1, 0.15) is 5.82 Å². The minimum Gasteiger partial charge on any atom is -0.329 e. The normalized spacial score (nSPS) is 13.6. The predicted molar refractivity (Wildman–Crippen MR) is 119 cm³/mol. The van der Waals surface area contributed by atoms with Crippen LogP contribution in [0.2, 0.25) is 5.02 Å². The molecule has 0 spiro atoms. The number of nitrogens with one attached hydrogen (secondary N) is 2. The van der Waals surface area contributed by atoms with Crippen molar-refractivity contribution < 1.29 is 17.5 Å². The molecule has 1 atom stereocenters. The molecule has 0 aliphatic heterocycles. The Labute approximate surface area is 184 Å². The van der Waals surface area contributed by atoms with Crippen LogP contribution in [0.4, 0.5) is 14.5 Å². The van der Waals surface area contributed by atoms with Gasteiger partial charge in [0.15, 0.2) is 5.82 Å². The van der Waals surface area contributed by atoms with Crippen molar-refractivity contribution in [2.75, 3.05) is 11.8 Å². The molecule has 3 aromatic rings. The lowest BCUT2D eigenvalue weighted by atomic mass is 10.1. The zero-order chi connectivity index (χ0) is 22.6. The Morgan fingerprint density at radius 1 is 1.19 bits per heavy atom. The highest BCUT2D eigenvalue weighted by Gasteiger charge is 2.25. The van der Waals surface area contributed by atoms with Crippen LogP contribution in [0.15, 0.2) is 58.4 Å². The zero-order valence-electron chi connectivity index (χ0n) is 16.6. The van der Waals surface area contributed by atoms with Crippen molar-refractivity contribution in [3.8, 4) is 11.8 Å². The molecule has 1 heterocycles. The summed E-state index contributed by atoms with van der Waals surface area (Å²) < 4.78 is 48.4. The quantitative estimate of drug-likeness (QED) is 0.436. The number of halogens is 3. The number of anilines is 1. The minimum absolute atomic E-state index is 0.214. The van der Waals surface area contributed by atoms with Crippen molar-refractivity contribution in [1.29, 1.82) is 0 Å². The van der Waals surface area contributed by atoms with Crippen LogP contribution in [0.3, 0.4) is 0 Å². The number of aromatic nitrogens is 1. The number of H-pyrrole nitrogens is 1. The van der Waals surface area contributed by atoms with Gasteiger partial charge in [-0.05, 0) is 42.3 Å². The van der Waals surface area contributed by atoms with Gasteiger partial charge in [-0.1, -0.05) is 47.2 Å². The van der Waals surface area contributed by atoms with Crippen LogP contribution < -0.4 is 10.3 Å². The van der Waals surface area contributed by atoms with Crippen LogP contribution >= 0.6 is 22.4 Å². The van der Waals surface area contributed by atoms with E-state index in [9.17, 15) is 13.7 Å². The van der Waals surface area contributed by atoms with E-state index in [1.807, 2.05) is 13.0 Å². The minimum atomic E-state index is -3.23. The summed E-state index contributed by atoms with van der Waals surface area (Å²) in [5.41, 5.74) is 0.0739. The zero-order valence-corrected chi connectivity index (χ0v) is 18.2. The fourth-order valence-electron chi connectivity index (χ4n) is 2.72. The summed E-state index contributed by atoms with van der Waals surface area (Å²) in [6.45, 7) is 1.94. The Bertz CT molecular complexity index is 1240. The highest BCUT2D eigenvalue weighted by molar-refractivity contribution is 8.26. The average Bonchev–Trinajstić information content (AvgIpc) is 2.76. The molecular weight excluding hydrogens is 446 g/mol. The van der Waals surface area contributed by atoms with Crippen LogP contribution in [-0.4, -0.2) is 16.6 Å². The molecule has 0 amide bonds. The predicted octanol–water partition coefficient (Wildman–Crippen LogP) is 5.49. The lowest BCUT2D eigenvalue weighted by Crippen LogP contribution is -2.15. The van der Waals surface area contributed by atoms with Gasteiger partial charge in [-0.3, -0.25) is 18.3 Å². The molecule has 3 N–H and O–H groups in total. The van der Waals surface area contributed by atoms with Gasteiger partial charge in [0.25, 0.3) is 0 Å². The Kier molecular flexibility index (Phi) is 7.03. The second-order valence-electron chi connectivity index (χ2n) is 6.39. The third-order valence-corrected chi connectivity index (χ3v) is 6.74. The van der Waals surface area contributed by atoms with Crippen LogP contribution in [0.5, 0.6) is 0 Å². The van der Waals surface area contributed by atoms with E-state index in [1.165, 1.54) is 25.4 Å². The second-order valence-corrected chi connectivity index (χ2v) is 8.82. The van der Waals surface area contributed by atoms with E-state index in [4.69, 9.17) is 15.8 Å². The van der Waals surface area contributed by atoms with Gasteiger partial charge in [0, 0.05) is 17.8 Å². The summed E-state index contributed by atoms with van der Waals surface area (Å²) in [6, 6.07) is 9.97. The summed E-state index contributed by atoms with van der Waals surface area (Å²) in [5, 5.41) is 0.237. The first-order valence-corrected chi connectivity index (χ1v) is 11.0. The summed E-state index contributed by atoms with van der Waals surface area (Å²) in [4.78, 5) is 14.0. The van der Waals surface area contributed by atoms with Crippen molar-refractivity contribution in [3.05, 3.63) is 92.4 Å². The third kappa shape index (κ3) is 5.09. The van der Waals surface area contributed by atoms with Gasteiger partial charge in [-0.25, -0.2) is 8.78 Å². The molecule has 0 fully saturated rings. The summed E-state index contributed by atoms with van der Waals surface area (Å²) >= 11 is 6.25. The van der Waals surface area contributed by atoms with Crippen molar-refractivity contribution >= 4 is 28.1 Å². The smallest absolute Gasteiger partial charge is 0.249 e. The first-order chi connectivity index (χ1) is 14.8. The lowest BCUT2D eigenvalue weighted by molar-refractivity contribution is 0.400. The first kappa shape index (κ1) is 22.8. The molecule has 0 aliphatic carbocycles. The molecule has 5 nitrogen and oxygen atoms in total. The Morgan fingerprint density at radius 2 is 1.97 bits per heavy atom. The maximum atomic E-state index is 15.1. The first-order valence-electron chi connectivity index (χ1n) is 9.13. The fourth-order valence-corrected chi connectivity index (χ4v) is 4.62. The van der Waals surface area contributed by atoms with E-state index < -0.39 is 28.0 Å². The number of aryl methyl sites for hydroxylation is 1. The Morgan fingerprint density at radius 3 is 2.65 bits per heavy atom. The van der Waals surface area contributed by atoms with E-state index in [0.717, 1.165) is 17.7 Å². The standard InChI is InChI=1S/C22H19ClF2N2O3S/c1-3-14-5-7-17(23)20(12-14)31(29,30-2)27-19-9-8-18(24)16(22(19)25)6-4-15-10-11-26-21(28)13-15/h5,7-13,27,29H,3H2,1-2H3,(H,26,28). The van der Waals surface area contributed by atoms with Gasteiger partial charge in [-0.2, -0.15) is 0 Å². The molecule has 2 aromatic carbocycles. The molecule has 31 heavy (non-hydrogen) atoms. The van der Waals surface area contributed by atoms with Gasteiger partial charge >= 0.3 is 0 Å². The van der Waals surface area contributed by atoms with Crippen molar-refractivity contribution in [2.24, 2.45) is 0 Å². The topological polar surface area (TPSA) is 74.4 Å². The van der Waals surface area contributed by atoms with Crippen molar-refractivity contribution in [2.45, 2.75) is 18.2 Å². The van der Waals surface area contributed by atoms with Gasteiger partial charge in [0.2, 0.25) is 5.56 Å². The average molecular weight is 465 g/mol. The van der Waals surface area contributed by atoms with E-state index >= 15 is 4.39 Å². The van der Waals surface area contributed by atoms with E-state index in [1.54, 1.807) is 12.1 Å². The second kappa shape index (κ2) is 9.54. The Hall–Kier alpha value is -2.83. The van der Waals surface area contributed by atoms with Crippen LogP contribution in [0, 0.1) is 23.5 Å². The molecule has 162 valence electrons. The van der Waals surface area contributed by atoms with Crippen LogP contribution in [0.25, 0.3) is 0 Å². The number of hydrogen-bond donors (Lipinski definition) is 3. The summed E-state index contributed by atoms with van der Waals surface area (Å²) in [7, 11) is -1.98. The van der Waals surface area contributed by atoms with Crippen LogP contribution in [0.1, 0.15) is 23.6 Å². The van der Waals surface area contributed by atoms with Gasteiger partial charge in [0.05, 0.1) is 28.3 Å². The SMILES string of the molecule is CCc1ccc(Cl)c(S(O)(Nc2ccc(F)c(C#Cc3cc[nH]c(=O)c3)c2F)OC)c1. The fraction of sp³-hybridized carbons (Fsp3) is 0.136. The highest BCUT2D eigenvalue weighted by Crippen LogP contribution is 2.55. The molecule has 9 heteroatoms. The molecule has 0 bridgehead atoms. The number of aromatic amines is 1. The molecule has 0 saturated heterocycles. The molecule has 1 aromatic heterocycles. The largest absolute Gasteiger partial charge is 0.329 e. The van der Waals surface area contributed by atoms with E-state index in [2.05, 4.69) is 21.5 Å². The molecule has 3 rings (SSSR count). The van der Waals surface area contributed by atoms with Crippen molar-refractivity contribution in [1.82, 2.24) is 4.98 Å². The van der Waals surface area contributed by atoms with Gasteiger partial charge in [-0.15, -0.1) is 0 Å². The van der Waals surface area contributed by atoms with Gasteiger partial charge < -0.3 is 4.98 Å². The summed E-state index contributed by atoms with van der Waals surface area (Å²) in [6.07, 6.45) is 2.07. The molecule has 1 unspecified atom stereocenters. The third-order valence-electron chi connectivity index (χ3n) is 4.39. The number of rotatable bonds is 5. The number of benzene rings is 2. The molecule has 0 saturated carbocycles. The molecular formula is C22H19ClF2N2O3S. The number of pyridine rings is 1. The van der Waals surface area contributed by atoms with Crippen molar-refractivity contribution in [3.63, 3.8) is 0 Å². The monoisotopic (exact) mass is 464 g/mol. The maximum Gasteiger partial charge on any atom is 0.249 e. The molecule has 0 radical (unpaired) electrons. The summed E-state index contributed by atoms with van der Waals surface area (Å²) in [5.74, 6) is 3.07. The highest BCUT2D eigenvalue weighted by atomic mass is 35.5.